The quantitative estimate of drug-likeness (QED) is 0.739. The fourth-order valence-corrected chi connectivity index (χ4v) is 3.17. The molecule has 102 valence electrons. The van der Waals surface area contributed by atoms with E-state index in [1.165, 1.54) is 6.07 Å². The Labute approximate surface area is 119 Å². The minimum absolute atomic E-state index is 0.0346. The topological polar surface area (TPSA) is 101 Å². The zero-order chi connectivity index (χ0) is 14.0. The number of anilines is 2. The van der Waals surface area contributed by atoms with E-state index in [2.05, 4.69) is 30.8 Å². The van der Waals surface area contributed by atoms with Crippen LogP contribution in [0.1, 0.15) is 12.5 Å². The van der Waals surface area contributed by atoms with E-state index in [0.717, 1.165) is 10.0 Å². The molecule has 0 amide bonds. The molecule has 2 aromatic rings. The van der Waals surface area contributed by atoms with E-state index in [0.29, 0.717) is 12.2 Å². The van der Waals surface area contributed by atoms with Crippen LogP contribution in [0.15, 0.2) is 33.8 Å². The van der Waals surface area contributed by atoms with Crippen molar-refractivity contribution in [1.82, 2.24) is 10.2 Å². The van der Waals surface area contributed by atoms with Crippen molar-refractivity contribution in [2.75, 3.05) is 10.5 Å². The molecule has 6 nitrogen and oxygen atoms in total. The van der Waals surface area contributed by atoms with Gasteiger partial charge in [-0.1, -0.05) is 22.9 Å². The maximum absolute atomic E-state index is 12.2. The highest BCUT2D eigenvalue weighted by Gasteiger charge is 2.19. The number of nitrogen functional groups attached to an aromatic ring is 1. The van der Waals surface area contributed by atoms with Crippen LogP contribution >= 0.6 is 15.9 Å². The molecule has 0 fully saturated rings. The van der Waals surface area contributed by atoms with E-state index in [1.54, 1.807) is 18.3 Å². The molecule has 4 N–H and O–H groups in total. The average Bonchev–Trinajstić information content (AvgIpc) is 2.74. The Balaban J connectivity index is 2.38. The van der Waals surface area contributed by atoms with E-state index in [-0.39, 0.29) is 10.6 Å². The maximum atomic E-state index is 12.2. The Morgan fingerprint density at radius 1 is 1.47 bits per heavy atom. The summed E-state index contributed by atoms with van der Waals surface area (Å²) in [5, 5.41) is 6.44. The van der Waals surface area contributed by atoms with Crippen LogP contribution in [-0.2, 0) is 16.4 Å². The SMILES string of the molecule is CCc1cn[nH]c1NS(=O)(=O)c1ccc(Br)cc1N. The summed E-state index contributed by atoms with van der Waals surface area (Å²) in [7, 11) is -3.73. The van der Waals surface area contributed by atoms with Crippen molar-refractivity contribution < 1.29 is 8.42 Å². The van der Waals surface area contributed by atoms with Gasteiger partial charge < -0.3 is 5.73 Å². The van der Waals surface area contributed by atoms with Crippen molar-refractivity contribution in [3.8, 4) is 0 Å². The number of hydrogen-bond donors (Lipinski definition) is 3. The second kappa shape index (κ2) is 5.22. The normalized spacial score (nSPS) is 11.5. The van der Waals surface area contributed by atoms with Crippen molar-refractivity contribution in [3.05, 3.63) is 34.4 Å². The monoisotopic (exact) mass is 344 g/mol. The van der Waals surface area contributed by atoms with Crippen LogP contribution in [0, 0.1) is 0 Å². The molecule has 1 heterocycles. The predicted molar refractivity (Wildman–Crippen MR) is 77.3 cm³/mol. The molecule has 0 aliphatic heterocycles. The molecule has 0 saturated heterocycles. The summed E-state index contributed by atoms with van der Waals surface area (Å²) >= 11 is 3.24. The lowest BCUT2D eigenvalue weighted by molar-refractivity contribution is 0.601. The van der Waals surface area contributed by atoms with Crippen LogP contribution < -0.4 is 10.5 Å². The van der Waals surface area contributed by atoms with Crippen LogP contribution in [-0.4, -0.2) is 18.6 Å². The van der Waals surface area contributed by atoms with Crippen molar-refractivity contribution >= 4 is 37.5 Å². The van der Waals surface area contributed by atoms with Gasteiger partial charge in [0.25, 0.3) is 10.0 Å². The molecule has 0 unspecified atom stereocenters. The third kappa shape index (κ3) is 2.90. The molecule has 1 aromatic heterocycles. The van der Waals surface area contributed by atoms with Gasteiger partial charge in [0.15, 0.2) is 0 Å². The van der Waals surface area contributed by atoms with Crippen LogP contribution in [0.25, 0.3) is 0 Å². The van der Waals surface area contributed by atoms with E-state index in [1.807, 2.05) is 6.92 Å². The molecular weight excluding hydrogens is 332 g/mol. The first-order valence-electron chi connectivity index (χ1n) is 5.54. The fraction of sp³-hybridized carbons (Fsp3) is 0.182. The van der Waals surface area contributed by atoms with Crippen molar-refractivity contribution in [2.45, 2.75) is 18.2 Å². The molecule has 0 aliphatic carbocycles. The fourth-order valence-electron chi connectivity index (χ4n) is 1.62. The molecule has 2 rings (SSSR count). The van der Waals surface area contributed by atoms with E-state index >= 15 is 0 Å². The van der Waals surface area contributed by atoms with Gasteiger partial charge in [-0.05, 0) is 24.6 Å². The van der Waals surface area contributed by atoms with Crippen LogP contribution in [0.4, 0.5) is 11.5 Å². The number of rotatable bonds is 4. The zero-order valence-electron chi connectivity index (χ0n) is 10.1. The molecule has 0 atom stereocenters. The van der Waals surface area contributed by atoms with Gasteiger partial charge in [0, 0.05) is 10.0 Å². The number of H-pyrrole nitrogens is 1. The molecule has 1 aromatic carbocycles. The first-order valence-corrected chi connectivity index (χ1v) is 7.81. The third-order valence-electron chi connectivity index (χ3n) is 2.60. The molecule has 0 radical (unpaired) electrons. The largest absolute Gasteiger partial charge is 0.398 e. The van der Waals surface area contributed by atoms with E-state index < -0.39 is 10.0 Å². The van der Waals surface area contributed by atoms with Gasteiger partial charge in [-0.15, -0.1) is 0 Å². The smallest absolute Gasteiger partial charge is 0.265 e. The number of hydrogen-bond acceptors (Lipinski definition) is 4. The summed E-state index contributed by atoms with van der Waals surface area (Å²) in [6.07, 6.45) is 2.26. The minimum atomic E-state index is -3.73. The van der Waals surface area contributed by atoms with Gasteiger partial charge in [-0.3, -0.25) is 9.82 Å². The van der Waals surface area contributed by atoms with Gasteiger partial charge in [0.1, 0.15) is 10.7 Å². The van der Waals surface area contributed by atoms with Gasteiger partial charge in [-0.25, -0.2) is 8.42 Å². The summed E-state index contributed by atoms with van der Waals surface area (Å²) in [5.41, 5.74) is 6.70. The summed E-state index contributed by atoms with van der Waals surface area (Å²) in [5.74, 6) is 0.366. The van der Waals surface area contributed by atoms with Gasteiger partial charge >= 0.3 is 0 Å². The zero-order valence-corrected chi connectivity index (χ0v) is 12.5. The highest BCUT2D eigenvalue weighted by molar-refractivity contribution is 9.10. The lowest BCUT2D eigenvalue weighted by atomic mass is 10.3. The van der Waals surface area contributed by atoms with Crippen LogP contribution in [0.3, 0.4) is 0 Å². The first kappa shape index (κ1) is 13.9. The summed E-state index contributed by atoms with van der Waals surface area (Å²) < 4.78 is 27.7. The van der Waals surface area contributed by atoms with E-state index in [9.17, 15) is 8.42 Å². The number of aromatic nitrogens is 2. The lowest BCUT2D eigenvalue weighted by Crippen LogP contribution is -2.16. The standard InChI is InChI=1S/C11H13BrN4O2S/c1-2-7-6-14-15-11(7)16-19(17,18)10-4-3-8(12)5-9(10)13/h3-6H,2,13H2,1H3,(H2,14,15,16). The van der Waals surface area contributed by atoms with Gasteiger partial charge in [0.05, 0.1) is 11.9 Å². The molecular formula is C11H13BrN4O2S. The molecule has 0 saturated carbocycles. The summed E-state index contributed by atoms with van der Waals surface area (Å²) in [6.45, 7) is 1.91. The highest BCUT2D eigenvalue weighted by atomic mass is 79.9. The first-order chi connectivity index (χ1) is 8.94. The number of nitrogens with one attached hydrogen (secondary N) is 2. The van der Waals surface area contributed by atoms with Crippen LogP contribution in [0.2, 0.25) is 0 Å². The Morgan fingerprint density at radius 2 is 2.21 bits per heavy atom. The van der Waals surface area contributed by atoms with Crippen molar-refractivity contribution in [3.63, 3.8) is 0 Å². The molecule has 0 aliphatic rings. The number of sulfonamides is 1. The Morgan fingerprint density at radius 3 is 2.84 bits per heavy atom. The molecule has 8 heteroatoms. The van der Waals surface area contributed by atoms with Crippen LogP contribution in [0.5, 0.6) is 0 Å². The number of nitrogens with two attached hydrogens (primary N) is 1. The number of benzene rings is 1. The maximum Gasteiger partial charge on any atom is 0.265 e. The number of aromatic amines is 1. The summed E-state index contributed by atoms with van der Waals surface area (Å²) in [4.78, 5) is 0.0346. The van der Waals surface area contributed by atoms with Crippen molar-refractivity contribution in [1.29, 1.82) is 0 Å². The van der Waals surface area contributed by atoms with Gasteiger partial charge in [0.2, 0.25) is 0 Å². The van der Waals surface area contributed by atoms with E-state index in [4.69, 9.17) is 5.73 Å². The number of aryl methyl sites for hydroxylation is 1. The highest BCUT2D eigenvalue weighted by Crippen LogP contribution is 2.25. The predicted octanol–water partition coefficient (Wildman–Crippen LogP) is 2.12. The lowest BCUT2D eigenvalue weighted by Gasteiger charge is -2.10. The van der Waals surface area contributed by atoms with Gasteiger partial charge in [-0.2, -0.15) is 5.10 Å². The third-order valence-corrected chi connectivity index (χ3v) is 4.51. The second-order valence-corrected chi connectivity index (χ2v) is 6.48. The average molecular weight is 345 g/mol. The Bertz CT molecular complexity index is 696. The Kier molecular flexibility index (Phi) is 3.81. The van der Waals surface area contributed by atoms with Crippen molar-refractivity contribution in [2.24, 2.45) is 0 Å². The molecule has 19 heavy (non-hydrogen) atoms. The second-order valence-electron chi connectivity index (χ2n) is 3.91. The number of halogens is 1. The summed E-state index contributed by atoms with van der Waals surface area (Å²) in [6, 6.07) is 4.62. The molecule has 0 spiro atoms. The number of nitrogens with zero attached hydrogens (tertiary/aromatic N) is 1. The molecule has 0 bridgehead atoms. The minimum Gasteiger partial charge on any atom is -0.398 e. The Hall–Kier alpha value is -1.54.